The zero-order valence-electron chi connectivity index (χ0n) is 36.0. The fourth-order valence-electron chi connectivity index (χ4n) is 6.48. The topological polar surface area (TPSA) is 51.8 Å². The molecule has 0 aliphatic rings. The third-order valence-electron chi connectivity index (χ3n) is 8.71. The van der Waals surface area contributed by atoms with Crippen molar-refractivity contribution in [2.75, 3.05) is 0 Å². The number of hydrogen-bond acceptors (Lipinski definition) is 5. The molecule has 0 amide bonds. The highest BCUT2D eigenvalue weighted by atomic mass is 32.1. The molecule has 5 heteroatoms. The molecule has 0 aliphatic carbocycles. The van der Waals surface area contributed by atoms with Gasteiger partial charge < -0.3 is 4.42 Å². The Hall–Kier alpha value is -6.43. The molecule has 7 aromatic carbocycles. The molecule has 3 heterocycles. The van der Waals surface area contributed by atoms with Gasteiger partial charge in [0.25, 0.3) is 0 Å². The van der Waals surface area contributed by atoms with Crippen LogP contribution in [0.2, 0.25) is 0 Å². The number of hydrogen-bond donors (Lipinski definition) is 0. The minimum Gasteiger partial charge on any atom is -0.455 e. The van der Waals surface area contributed by atoms with Crippen molar-refractivity contribution in [1.29, 1.82) is 0 Å². The lowest BCUT2D eigenvalue weighted by Gasteiger charge is -2.10. The number of aromatic nitrogens is 3. The van der Waals surface area contributed by atoms with E-state index in [0.717, 1.165) is 31.3 Å². The fourth-order valence-corrected chi connectivity index (χ4v) is 7.69. The lowest BCUT2D eigenvalue weighted by molar-refractivity contribution is 0.670. The van der Waals surface area contributed by atoms with Crippen molar-refractivity contribution in [3.05, 3.63) is 164 Å². The molecule has 234 valence electrons. The fraction of sp³-hybridized carbons (Fsp3) is 0. The Balaban J connectivity index is 1.31. The van der Waals surface area contributed by atoms with Crippen molar-refractivity contribution in [3.63, 3.8) is 0 Å². The van der Waals surface area contributed by atoms with Crippen LogP contribution in [-0.4, -0.2) is 15.0 Å². The molecular weight excluding hydrogens is 631 g/mol. The van der Waals surface area contributed by atoms with Crippen LogP contribution in [0.5, 0.6) is 0 Å². The second-order valence-corrected chi connectivity index (χ2v) is 12.7. The first-order valence-corrected chi connectivity index (χ1v) is 16.6. The van der Waals surface area contributed by atoms with Gasteiger partial charge in [-0.2, -0.15) is 0 Å². The Bertz CT molecular complexity index is 3400. The molecule has 0 radical (unpaired) electrons. The largest absolute Gasteiger partial charge is 0.455 e. The van der Waals surface area contributed by atoms with Crippen LogP contribution in [-0.2, 0) is 0 Å². The second-order valence-electron chi connectivity index (χ2n) is 11.6. The SMILES string of the molecule is [2H]c1c([2H])c([2H])c(-c2cc(-c3c([2H])c([2H])c([2H])c([2H])c3[2H])c3oc4cccc(-c5nc(-c6ccccc6)nc(-c6cccc7c6sc6ccccc67)n5)c4c3c2)c([2H])c1[2H]. The van der Waals surface area contributed by atoms with Gasteiger partial charge in [-0.05, 0) is 47.0 Å². The molecular formula is C45H27N3OS. The first-order valence-electron chi connectivity index (χ1n) is 20.8. The third-order valence-corrected chi connectivity index (χ3v) is 9.93. The maximum Gasteiger partial charge on any atom is 0.165 e. The van der Waals surface area contributed by atoms with E-state index in [0.29, 0.717) is 39.4 Å². The molecule has 0 saturated heterocycles. The third kappa shape index (κ3) is 4.71. The summed E-state index contributed by atoms with van der Waals surface area (Å²) in [6.07, 6.45) is 0. The van der Waals surface area contributed by atoms with Crippen molar-refractivity contribution < 1.29 is 18.1 Å². The molecule has 50 heavy (non-hydrogen) atoms. The van der Waals surface area contributed by atoms with Gasteiger partial charge in [-0.3, -0.25) is 0 Å². The van der Waals surface area contributed by atoms with Crippen molar-refractivity contribution in [2.24, 2.45) is 0 Å². The zero-order chi connectivity index (χ0) is 41.7. The van der Waals surface area contributed by atoms with Gasteiger partial charge in [0.15, 0.2) is 17.5 Å². The molecule has 0 fully saturated rings. The van der Waals surface area contributed by atoms with Crippen molar-refractivity contribution in [2.45, 2.75) is 0 Å². The first kappa shape index (κ1) is 20.2. The maximum absolute atomic E-state index is 8.92. The van der Waals surface area contributed by atoms with Crippen molar-refractivity contribution >= 4 is 53.4 Å². The summed E-state index contributed by atoms with van der Waals surface area (Å²) in [4.78, 5) is 15.2. The lowest BCUT2D eigenvalue weighted by Crippen LogP contribution is -2.00. The molecule has 0 bridgehead atoms. The number of benzene rings is 7. The quantitative estimate of drug-likeness (QED) is 0.183. The van der Waals surface area contributed by atoms with E-state index in [1.54, 1.807) is 29.5 Å². The molecule has 0 atom stereocenters. The van der Waals surface area contributed by atoms with E-state index in [-0.39, 0.29) is 27.8 Å². The summed E-state index contributed by atoms with van der Waals surface area (Å²) in [5.41, 5.74) is 2.50. The number of fused-ring (bicyclic) bond motifs is 6. The van der Waals surface area contributed by atoms with Crippen LogP contribution in [0.3, 0.4) is 0 Å². The summed E-state index contributed by atoms with van der Waals surface area (Å²) in [5, 5.41) is 3.06. The van der Waals surface area contributed by atoms with Crippen LogP contribution in [0, 0.1) is 0 Å². The van der Waals surface area contributed by atoms with Crippen LogP contribution in [0.4, 0.5) is 0 Å². The molecule has 10 rings (SSSR count). The lowest BCUT2D eigenvalue weighted by atomic mass is 9.95. The Morgan fingerprint density at radius 3 is 1.96 bits per heavy atom. The molecule has 3 aromatic heterocycles. The highest BCUT2D eigenvalue weighted by Gasteiger charge is 2.21. The minimum absolute atomic E-state index is 0.0752. The van der Waals surface area contributed by atoms with Crippen molar-refractivity contribution in [3.8, 4) is 56.4 Å². The predicted molar refractivity (Wildman–Crippen MR) is 207 cm³/mol. The van der Waals surface area contributed by atoms with Crippen LogP contribution in [0.25, 0.3) is 98.5 Å². The van der Waals surface area contributed by atoms with Gasteiger partial charge in [-0.1, -0.05) is 133 Å². The average molecular weight is 668 g/mol. The first-order chi connectivity index (χ1) is 28.9. The average Bonchev–Trinajstić information content (AvgIpc) is 3.85. The molecule has 0 spiro atoms. The number of nitrogens with zero attached hydrogens (tertiary/aromatic N) is 3. The second kappa shape index (κ2) is 11.6. The molecule has 0 N–H and O–H groups in total. The molecule has 10 aromatic rings. The van der Waals surface area contributed by atoms with Gasteiger partial charge in [-0.15, -0.1) is 11.3 Å². The van der Waals surface area contributed by atoms with E-state index in [1.807, 2.05) is 60.7 Å². The van der Waals surface area contributed by atoms with E-state index in [9.17, 15) is 0 Å². The molecule has 0 aliphatic heterocycles. The van der Waals surface area contributed by atoms with Crippen molar-refractivity contribution in [1.82, 2.24) is 15.0 Å². The number of thiophene rings is 1. The number of rotatable bonds is 5. The van der Waals surface area contributed by atoms with Crippen LogP contribution < -0.4 is 0 Å². The van der Waals surface area contributed by atoms with Gasteiger partial charge >= 0.3 is 0 Å². The van der Waals surface area contributed by atoms with E-state index in [4.69, 9.17) is 33.1 Å². The summed E-state index contributed by atoms with van der Waals surface area (Å²) in [6, 6.07) is 26.9. The van der Waals surface area contributed by atoms with Gasteiger partial charge in [0.2, 0.25) is 0 Å². The minimum atomic E-state index is -0.579. The Labute approximate surface area is 306 Å². The van der Waals surface area contributed by atoms with Gasteiger partial charge in [0.05, 0.1) is 13.7 Å². The number of furan rings is 1. The Kier molecular flexibility index (Phi) is 4.69. The summed E-state index contributed by atoms with van der Waals surface area (Å²) in [5.74, 6) is 1.14. The summed E-state index contributed by atoms with van der Waals surface area (Å²) in [6.45, 7) is 0. The standard InChI is InChI=1S/C45H27N3OS/c1-4-14-28(15-5-1)31-26-36(29-16-6-2-7-17-29)41-37(27-31)40-34(22-13-24-38(40)49-41)44-46-43(30-18-8-3-9-19-30)47-45(48-44)35-23-12-21-33-32-20-10-11-25-39(32)50-42(33)35/h1-27H/i1D,2D,4D,5D,6D,7D,14D,15D,16D,17D. The highest BCUT2D eigenvalue weighted by molar-refractivity contribution is 7.26. The van der Waals surface area contributed by atoms with E-state index in [1.165, 1.54) is 6.07 Å². The highest BCUT2D eigenvalue weighted by Crippen LogP contribution is 2.44. The van der Waals surface area contributed by atoms with Crippen LogP contribution >= 0.6 is 11.3 Å². The Morgan fingerprint density at radius 1 is 0.480 bits per heavy atom. The zero-order valence-corrected chi connectivity index (χ0v) is 26.8. The van der Waals surface area contributed by atoms with Gasteiger partial charge in [0.1, 0.15) is 11.2 Å². The monoisotopic (exact) mass is 667 g/mol. The predicted octanol–water partition coefficient (Wildman–Crippen LogP) is 12.5. The summed E-state index contributed by atoms with van der Waals surface area (Å²) < 4.78 is 94.6. The molecule has 0 unspecified atom stereocenters. The molecule has 4 nitrogen and oxygen atoms in total. The van der Waals surface area contributed by atoms with E-state index >= 15 is 0 Å². The van der Waals surface area contributed by atoms with Crippen LogP contribution in [0.15, 0.2) is 168 Å². The summed E-state index contributed by atoms with van der Waals surface area (Å²) in [7, 11) is 0. The van der Waals surface area contributed by atoms with Gasteiger partial charge in [0, 0.05) is 53.2 Å². The van der Waals surface area contributed by atoms with Gasteiger partial charge in [-0.25, -0.2) is 15.0 Å². The van der Waals surface area contributed by atoms with Crippen LogP contribution in [0.1, 0.15) is 13.7 Å². The normalized spacial score (nSPS) is 14.4. The smallest absolute Gasteiger partial charge is 0.165 e. The summed E-state index contributed by atoms with van der Waals surface area (Å²) >= 11 is 1.65. The maximum atomic E-state index is 8.92. The Morgan fingerprint density at radius 2 is 1.14 bits per heavy atom. The van der Waals surface area contributed by atoms with E-state index in [2.05, 4.69) is 18.2 Å². The molecule has 0 saturated carbocycles. The van der Waals surface area contributed by atoms with E-state index < -0.39 is 60.4 Å².